The van der Waals surface area contributed by atoms with Crippen LogP contribution in [0.15, 0.2) is 81.8 Å². The molecular weight excluding hydrogens is 508 g/mol. The van der Waals surface area contributed by atoms with Crippen molar-refractivity contribution in [1.82, 2.24) is 0 Å². The lowest BCUT2D eigenvalue weighted by Gasteiger charge is -2.31. The molecule has 1 aliphatic heterocycles. The van der Waals surface area contributed by atoms with E-state index in [0.717, 1.165) is 25.9 Å². The fourth-order valence-corrected chi connectivity index (χ4v) is 7.39. The van der Waals surface area contributed by atoms with E-state index in [9.17, 15) is 0 Å². The second-order valence-electron chi connectivity index (χ2n) is 9.41. The van der Waals surface area contributed by atoms with Gasteiger partial charge in [-0.15, -0.1) is 0 Å². The monoisotopic (exact) mass is 538 g/mol. The van der Waals surface area contributed by atoms with Gasteiger partial charge in [0.1, 0.15) is 11.2 Å². The molecular formula is C28H31BrN2S2. The van der Waals surface area contributed by atoms with Gasteiger partial charge in [0, 0.05) is 23.6 Å². The van der Waals surface area contributed by atoms with Gasteiger partial charge in [-0.1, -0.05) is 67.3 Å². The van der Waals surface area contributed by atoms with E-state index in [1.165, 1.54) is 42.0 Å². The Labute approximate surface area is 216 Å². The molecule has 2 heterocycles. The zero-order valence-electron chi connectivity index (χ0n) is 19.8. The minimum Gasteiger partial charge on any atom is -1.00 e. The van der Waals surface area contributed by atoms with Crippen LogP contribution in [0.4, 0.5) is 5.69 Å². The van der Waals surface area contributed by atoms with Gasteiger partial charge in [-0.05, 0) is 67.5 Å². The molecule has 2 aliphatic rings. The van der Waals surface area contributed by atoms with Crippen molar-refractivity contribution >= 4 is 45.1 Å². The third-order valence-corrected chi connectivity index (χ3v) is 8.48. The number of halogens is 1. The molecule has 2 aromatic carbocycles. The van der Waals surface area contributed by atoms with Gasteiger partial charge in [-0.3, -0.25) is 0 Å². The summed E-state index contributed by atoms with van der Waals surface area (Å²) in [5.74, 6) is 0. The van der Waals surface area contributed by atoms with Gasteiger partial charge in [0.2, 0.25) is 5.52 Å². The molecule has 0 atom stereocenters. The Morgan fingerprint density at radius 2 is 1.76 bits per heavy atom. The summed E-state index contributed by atoms with van der Waals surface area (Å²) in [6, 6.07) is 17.5. The fourth-order valence-electron chi connectivity index (χ4n) is 4.98. The molecule has 0 radical (unpaired) electrons. The Bertz CT molecular complexity index is 1270. The van der Waals surface area contributed by atoms with Crippen molar-refractivity contribution in [2.45, 2.75) is 52.0 Å². The first-order chi connectivity index (χ1) is 15.5. The molecule has 172 valence electrons. The number of anilines is 1. The summed E-state index contributed by atoms with van der Waals surface area (Å²) in [7, 11) is 0. The number of allylic oxidation sites excluding steroid dienone is 4. The first kappa shape index (κ1) is 24.3. The van der Waals surface area contributed by atoms with E-state index >= 15 is 0 Å². The lowest BCUT2D eigenvalue weighted by atomic mass is 9.75. The van der Waals surface area contributed by atoms with Crippen LogP contribution in [0.2, 0.25) is 0 Å². The molecule has 3 aromatic rings. The van der Waals surface area contributed by atoms with Crippen molar-refractivity contribution in [3.05, 3.63) is 81.9 Å². The molecule has 0 saturated carbocycles. The normalized spacial score (nSPS) is 19.6. The van der Waals surface area contributed by atoms with Gasteiger partial charge in [0.25, 0.3) is 5.01 Å². The van der Waals surface area contributed by atoms with E-state index in [4.69, 9.17) is 0 Å². The topological polar surface area (TPSA) is 7.12 Å². The molecule has 0 N–H and O–H groups in total. The molecule has 0 spiro atoms. The van der Waals surface area contributed by atoms with Crippen molar-refractivity contribution < 1.29 is 21.5 Å². The van der Waals surface area contributed by atoms with Gasteiger partial charge in [-0.25, -0.2) is 0 Å². The molecule has 33 heavy (non-hydrogen) atoms. The maximum Gasteiger partial charge on any atom is 0.263 e. The molecule has 0 amide bonds. The number of fused-ring (bicyclic) bond motifs is 2. The molecule has 2 nitrogen and oxygen atoms in total. The van der Waals surface area contributed by atoms with Crippen LogP contribution in [-0.4, -0.2) is 6.54 Å². The van der Waals surface area contributed by atoms with Crippen LogP contribution in [0, 0.1) is 5.41 Å². The SMILES string of the molecule is CCN1/C(=C/C2=CC(=C/c3sc4ccccc4[n+]3CC)/CC(C)(C)C2)Sc2ccccc21.[Br-]. The number of aryl methyl sites for hydroxylation is 1. The van der Waals surface area contributed by atoms with E-state index in [0.29, 0.717) is 0 Å². The second-order valence-corrected chi connectivity index (χ2v) is 11.5. The van der Waals surface area contributed by atoms with Crippen LogP contribution < -0.4 is 26.4 Å². The van der Waals surface area contributed by atoms with E-state index in [1.54, 1.807) is 0 Å². The van der Waals surface area contributed by atoms with Crippen LogP contribution in [-0.2, 0) is 6.54 Å². The van der Waals surface area contributed by atoms with Crippen molar-refractivity contribution in [1.29, 1.82) is 0 Å². The lowest BCUT2D eigenvalue weighted by molar-refractivity contribution is -0.665. The minimum atomic E-state index is 0. The van der Waals surface area contributed by atoms with Gasteiger partial charge < -0.3 is 21.9 Å². The highest BCUT2D eigenvalue weighted by Gasteiger charge is 2.29. The maximum absolute atomic E-state index is 2.45. The Kier molecular flexibility index (Phi) is 7.23. The summed E-state index contributed by atoms with van der Waals surface area (Å²) >= 11 is 3.80. The van der Waals surface area contributed by atoms with Crippen LogP contribution in [0.3, 0.4) is 0 Å². The highest BCUT2D eigenvalue weighted by Crippen LogP contribution is 2.47. The quantitative estimate of drug-likeness (QED) is 0.439. The highest BCUT2D eigenvalue weighted by atomic mass is 79.9. The number of thiazole rings is 1. The maximum atomic E-state index is 2.45. The molecule has 0 bridgehead atoms. The number of rotatable bonds is 4. The third-order valence-electron chi connectivity index (χ3n) is 6.26. The molecule has 5 rings (SSSR count). The van der Waals surface area contributed by atoms with Crippen LogP contribution >= 0.6 is 23.1 Å². The van der Waals surface area contributed by atoms with Crippen molar-refractivity contribution in [3.63, 3.8) is 0 Å². The number of thioether (sulfide) groups is 1. The summed E-state index contributed by atoms with van der Waals surface area (Å²) in [5.41, 5.74) is 5.81. The van der Waals surface area contributed by atoms with Crippen molar-refractivity contribution in [3.8, 4) is 0 Å². The number of para-hydroxylation sites is 2. The minimum absolute atomic E-state index is 0. The summed E-state index contributed by atoms with van der Waals surface area (Å²) < 4.78 is 3.81. The van der Waals surface area contributed by atoms with E-state index in [2.05, 4.69) is 104 Å². The predicted molar refractivity (Wildman–Crippen MR) is 140 cm³/mol. The Morgan fingerprint density at radius 3 is 2.55 bits per heavy atom. The summed E-state index contributed by atoms with van der Waals surface area (Å²) in [6.07, 6.45) is 9.54. The molecule has 1 aliphatic carbocycles. The fraction of sp³-hybridized carbons (Fsp3) is 0.321. The Hall–Kier alpha value is -1.82. The highest BCUT2D eigenvalue weighted by molar-refractivity contribution is 8.03. The number of hydrogen-bond acceptors (Lipinski definition) is 3. The van der Waals surface area contributed by atoms with Gasteiger partial charge in [0.15, 0.2) is 0 Å². The first-order valence-corrected chi connectivity index (χ1v) is 13.2. The standard InChI is InChI=1S/C28H31N2S2.BrH/c1-5-29-22-11-7-9-13-24(22)31-26(29)16-20-15-21(19-28(3,4)18-20)17-27-30(6-2)23-12-8-10-14-25(23)32-27;/h7-17H,5-6,18-19H2,1-4H3;1H/q+1;/p-1. The summed E-state index contributed by atoms with van der Waals surface area (Å²) in [6.45, 7) is 11.3. The summed E-state index contributed by atoms with van der Waals surface area (Å²) in [5, 5.41) is 2.70. The second kappa shape index (κ2) is 9.81. The zero-order valence-corrected chi connectivity index (χ0v) is 23.0. The first-order valence-electron chi connectivity index (χ1n) is 11.6. The molecule has 0 unspecified atom stereocenters. The molecule has 1 aromatic heterocycles. The van der Waals surface area contributed by atoms with Crippen LogP contribution in [0.25, 0.3) is 16.3 Å². The molecule has 5 heteroatoms. The Balaban J connectivity index is 0.00000259. The van der Waals surface area contributed by atoms with Crippen molar-refractivity contribution in [2.24, 2.45) is 5.41 Å². The zero-order chi connectivity index (χ0) is 22.3. The predicted octanol–water partition coefficient (Wildman–Crippen LogP) is 4.82. The number of hydrogen-bond donors (Lipinski definition) is 0. The summed E-state index contributed by atoms with van der Waals surface area (Å²) in [4.78, 5) is 3.81. The van der Waals surface area contributed by atoms with Gasteiger partial charge in [-0.2, -0.15) is 4.57 Å². The van der Waals surface area contributed by atoms with Crippen LogP contribution in [0.5, 0.6) is 0 Å². The molecule has 0 fully saturated rings. The number of benzene rings is 2. The third kappa shape index (κ3) is 4.87. The smallest absolute Gasteiger partial charge is 0.263 e. The average Bonchev–Trinajstić information content (AvgIpc) is 3.28. The van der Waals surface area contributed by atoms with Crippen LogP contribution in [0.1, 0.15) is 45.5 Å². The average molecular weight is 540 g/mol. The number of aromatic nitrogens is 1. The largest absolute Gasteiger partial charge is 1.00 e. The van der Waals surface area contributed by atoms with Crippen molar-refractivity contribution in [2.75, 3.05) is 11.4 Å². The number of nitrogens with zero attached hydrogens (tertiary/aromatic N) is 2. The van der Waals surface area contributed by atoms with Gasteiger partial charge in [0.05, 0.1) is 10.7 Å². The molecule has 0 saturated heterocycles. The van der Waals surface area contributed by atoms with E-state index in [1.807, 2.05) is 23.1 Å². The van der Waals surface area contributed by atoms with Gasteiger partial charge >= 0.3 is 0 Å². The Morgan fingerprint density at radius 1 is 1.00 bits per heavy atom. The lowest BCUT2D eigenvalue weighted by Crippen LogP contribution is -3.00. The van der Waals surface area contributed by atoms with E-state index < -0.39 is 0 Å². The van der Waals surface area contributed by atoms with E-state index in [-0.39, 0.29) is 22.4 Å².